The lowest BCUT2D eigenvalue weighted by atomic mass is 9.92. The number of nitrogens with two attached hydrogens (primary N) is 1. The molecular formula is C29H48N4O5. The molecule has 9 nitrogen and oxygen atoms in total. The van der Waals surface area contributed by atoms with E-state index in [1.165, 1.54) is 4.90 Å². The first-order valence-electron chi connectivity index (χ1n) is 13.4. The molecule has 0 aliphatic carbocycles. The summed E-state index contributed by atoms with van der Waals surface area (Å²) >= 11 is 0. The molecule has 38 heavy (non-hydrogen) atoms. The molecule has 0 saturated heterocycles. The Morgan fingerprint density at radius 3 is 2.05 bits per heavy atom. The van der Waals surface area contributed by atoms with E-state index in [9.17, 15) is 19.2 Å². The second-order valence-corrected chi connectivity index (χ2v) is 11.9. The van der Waals surface area contributed by atoms with Gasteiger partial charge in [0.1, 0.15) is 17.7 Å². The second-order valence-electron chi connectivity index (χ2n) is 11.9. The number of hydrogen-bond donors (Lipinski definition) is 3. The van der Waals surface area contributed by atoms with Gasteiger partial charge in [-0.2, -0.15) is 0 Å². The number of rotatable bonds is 12. The molecule has 0 heterocycles. The maximum Gasteiger partial charge on any atom is 0.408 e. The number of alkyl carbamates (subject to hydrolysis) is 1. The van der Waals surface area contributed by atoms with Crippen molar-refractivity contribution in [1.82, 2.24) is 15.5 Å². The maximum atomic E-state index is 14.2. The van der Waals surface area contributed by atoms with Crippen LogP contribution in [0.2, 0.25) is 0 Å². The topological polar surface area (TPSA) is 131 Å². The van der Waals surface area contributed by atoms with Crippen LogP contribution in [0.25, 0.3) is 0 Å². The largest absolute Gasteiger partial charge is 0.444 e. The Morgan fingerprint density at radius 1 is 1.00 bits per heavy atom. The van der Waals surface area contributed by atoms with Crippen LogP contribution in [0.3, 0.4) is 0 Å². The van der Waals surface area contributed by atoms with Crippen LogP contribution in [0.5, 0.6) is 0 Å². The van der Waals surface area contributed by atoms with E-state index in [0.717, 1.165) is 29.5 Å². The fourth-order valence-electron chi connectivity index (χ4n) is 4.22. The van der Waals surface area contributed by atoms with Gasteiger partial charge < -0.3 is 26.0 Å². The van der Waals surface area contributed by atoms with E-state index in [2.05, 4.69) is 17.6 Å². The van der Waals surface area contributed by atoms with Crippen molar-refractivity contribution in [3.63, 3.8) is 0 Å². The van der Waals surface area contributed by atoms with Crippen molar-refractivity contribution in [2.45, 2.75) is 118 Å². The average Bonchev–Trinajstić information content (AvgIpc) is 2.74. The Hall–Kier alpha value is -3.10. The van der Waals surface area contributed by atoms with E-state index in [1.54, 1.807) is 20.8 Å². The molecule has 0 bridgehead atoms. The van der Waals surface area contributed by atoms with Crippen molar-refractivity contribution in [2.24, 2.45) is 5.73 Å². The predicted octanol–water partition coefficient (Wildman–Crippen LogP) is 4.44. The van der Waals surface area contributed by atoms with Gasteiger partial charge in [-0.15, -0.1) is 0 Å². The minimum atomic E-state index is -1.10. The van der Waals surface area contributed by atoms with E-state index in [-0.39, 0.29) is 18.7 Å². The monoisotopic (exact) mass is 532 g/mol. The number of hydrogen-bond acceptors (Lipinski definition) is 5. The van der Waals surface area contributed by atoms with E-state index in [4.69, 9.17) is 10.5 Å². The number of benzene rings is 1. The lowest BCUT2D eigenvalue weighted by molar-refractivity contribution is -0.143. The molecule has 214 valence electrons. The third-order valence-electron chi connectivity index (χ3n) is 5.83. The van der Waals surface area contributed by atoms with Crippen LogP contribution < -0.4 is 16.4 Å². The Balaban J connectivity index is 3.64. The molecule has 1 rings (SSSR count). The number of ether oxygens (including phenoxy) is 1. The van der Waals surface area contributed by atoms with Crippen LogP contribution in [0.4, 0.5) is 4.79 Å². The summed E-state index contributed by atoms with van der Waals surface area (Å²) in [6, 6.07) is 3.70. The lowest BCUT2D eigenvalue weighted by Crippen LogP contribution is -2.55. The molecule has 0 spiro atoms. The molecule has 4 amide bonds. The normalized spacial score (nSPS) is 13.3. The van der Waals surface area contributed by atoms with Crippen LogP contribution in [-0.4, -0.2) is 52.4 Å². The highest BCUT2D eigenvalue weighted by molar-refractivity contribution is 5.93. The van der Waals surface area contributed by atoms with Crippen molar-refractivity contribution >= 4 is 23.8 Å². The zero-order valence-corrected chi connectivity index (χ0v) is 24.7. The van der Waals surface area contributed by atoms with Gasteiger partial charge >= 0.3 is 6.09 Å². The fourth-order valence-corrected chi connectivity index (χ4v) is 4.22. The summed E-state index contributed by atoms with van der Waals surface area (Å²) in [5, 5.41) is 5.67. The SMILES string of the molecule is CCCCCN(C(=O)C(CCC(N)=O)NC(=O)OC(C)(C)C)C(C(=O)NC(C)(C)C)c1c(C)cccc1C. The third kappa shape index (κ3) is 11.1. The number of amides is 4. The van der Waals surface area contributed by atoms with E-state index >= 15 is 0 Å². The average molecular weight is 533 g/mol. The molecule has 0 aromatic heterocycles. The van der Waals surface area contributed by atoms with Crippen molar-refractivity contribution < 1.29 is 23.9 Å². The van der Waals surface area contributed by atoms with Gasteiger partial charge in [-0.25, -0.2) is 4.79 Å². The minimum absolute atomic E-state index is 0.0158. The van der Waals surface area contributed by atoms with E-state index in [1.807, 2.05) is 52.8 Å². The molecule has 0 saturated carbocycles. The summed E-state index contributed by atoms with van der Waals surface area (Å²) in [6.45, 7) is 17.0. The standard InChI is InChI=1S/C29H48N4O5/c1-10-11-12-18-33(26(36)21(16-17-22(30)34)31-27(37)38-29(7,8)9)24(25(35)32-28(4,5)6)23-19(2)14-13-15-20(23)3/h13-15,21,24H,10-12,16-18H2,1-9H3,(H2,30,34)(H,31,37)(H,32,35). The predicted molar refractivity (Wildman–Crippen MR) is 149 cm³/mol. The zero-order valence-electron chi connectivity index (χ0n) is 24.7. The summed E-state index contributed by atoms with van der Waals surface area (Å²) in [5.41, 5.74) is 6.56. The Labute approximate surface area is 228 Å². The van der Waals surface area contributed by atoms with Crippen LogP contribution in [0.1, 0.15) is 103 Å². The molecule has 0 radical (unpaired) electrons. The smallest absolute Gasteiger partial charge is 0.408 e. The van der Waals surface area contributed by atoms with E-state index in [0.29, 0.717) is 13.0 Å². The Morgan fingerprint density at radius 2 is 1.58 bits per heavy atom. The molecule has 0 aliphatic rings. The number of unbranched alkanes of at least 4 members (excludes halogenated alkanes) is 2. The molecule has 1 aromatic rings. The van der Waals surface area contributed by atoms with Crippen LogP contribution in [0.15, 0.2) is 18.2 Å². The first kappa shape index (κ1) is 32.9. The van der Waals surface area contributed by atoms with Gasteiger partial charge in [0, 0.05) is 18.5 Å². The number of aryl methyl sites for hydroxylation is 2. The van der Waals surface area contributed by atoms with Crippen molar-refractivity contribution in [2.75, 3.05) is 6.54 Å². The van der Waals surface area contributed by atoms with Crippen LogP contribution in [-0.2, 0) is 19.1 Å². The number of carbonyl (C=O) groups is 4. The van der Waals surface area contributed by atoms with Gasteiger partial charge in [0.05, 0.1) is 0 Å². The molecule has 2 unspecified atom stereocenters. The van der Waals surface area contributed by atoms with Gasteiger partial charge in [0.15, 0.2) is 0 Å². The number of carbonyl (C=O) groups excluding carboxylic acids is 4. The van der Waals surface area contributed by atoms with Crippen LogP contribution in [0, 0.1) is 13.8 Å². The summed E-state index contributed by atoms with van der Waals surface area (Å²) < 4.78 is 5.38. The highest BCUT2D eigenvalue weighted by atomic mass is 16.6. The molecular weight excluding hydrogens is 484 g/mol. The fraction of sp³-hybridized carbons (Fsp3) is 0.655. The quantitative estimate of drug-likeness (QED) is 0.343. The van der Waals surface area contributed by atoms with E-state index < -0.39 is 41.1 Å². The van der Waals surface area contributed by atoms with Crippen molar-refractivity contribution in [3.8, 4) is 0 Å². The number of primary amides is 1. The van der Waals surface area contributed by atoms with Gasteiger partial charge in [0.25, 0.3) is 0 Å². The molecule has 0 fully saturated rings. The summed E-state index contributed by atoms with van der Waals surface area (Å²) in [5.74, 6) is -1.38. The summed E-state index contributed by atoms with van der Waals surface area (Å²) in [7, 11) is 0. The maximum absolute atomic E-state index is 14.2. The first-order valence-corrected chi connectivity index (χ1v) is 13.4. The minimum Gasteiger partial charge on any atom is -0.444 e. The van der Waals surface area contributed by atoms with Gasteiger partial charge in [-0.1, -0.05) is 38.0 Å². The second kappa shape index (κ2) is 14.2. The number of nitrogens with zero attached hydrogens (tertiary/aromatic N) is 1. The molecule has 0 aliphatic heterocycles. The van der Waals surface area contributed by atoms with Crippen molar-refractivity contribution in [1.29, 1.82) is 0 Å². The molecule has 1 aromatic carbocycles. The third-order valence-corrected chi connectivity index (χ3v) is 5.83. The van der Waals surface area contributed by atoms with Crippen molar-refractivity contribution in [3.05, 3.63) is 34.9 Å². The highest BCUT2D eigenvalue weighted by Gasteiger charge is 2.38. The molecule has 4 N–H and O–H groups in total. The molecule has 9 heteroatoms. The Bertz CT molecular complexity index is 958. The highest BCUT2D eigenvalue weighted by Crippen LogP contribution is 2.30. The first-order chi connectivity index (χ1) is 17.5. The van der Waals surface area contributed by atoms with Gasteiger partial charge in [0.2, 0.25) is 17.7 Å². The Kier molecular flexibility index (Phi) is 12.3. The lowest BCUT2D eigenvalue weighted by Gasteiger charge is -2.37. The zero-order chi connectivity index (χ0) is 29.3. The number of nitrogens with one attached hydrogen (secondary N) is 2. The summed E-state index contributed by atoms with van der Waals surface area (Å²) in [4.78, 5) is 53.9. The van der Waals surface area contributed by atoms with Crippen LogP contribution >= 0.6 is 0 Å². The summed E-state index contributed by atoms with van der Waals surface area (Å²) in [6.07, 6.45) is 1.54. The van der Waals surface area contributed by atoms with Gasteiger partial charge in [-0.05, 0) is 84.9 Å². The van der Waals surface area contributed by atoms with Gasteiger partial charge in [-0.3, -0.25) is 14.4 Å². The molecule has 2 atom stereocenters.